The number of imidazole rings is 1. The molecular formula is C22H33N9O6. The van der Waals surface area contributed by atoms with E-state index in [9.17, 15) is 19.8 Å². The maximum absolute atomic E-state index is 11.9. The topological polar surface area (TPSA) is 211 Å². The fraction of sp³-hybridized carbons (Fsp3) is 0.500. The van der Waals surface area contributed by atoms with E-state index in [1.54, 1.807) is 12.4 Å². The smallest absolute Gasteiger partial charge is 0.412 e. The van der Waals surface area contributed by atoms with Crippen LogP contribution in [-0.2, 0) is 20.8 Å². The minimum atomic E-state index is -1.76. The number of hydrogen-bond acceptors (Lipinski definition) is 11. The number of amides is 1. The van der Waals surface area contributed by atoms with Gasteiger partial charge in [-0.05, 0) is 38.5 Å². The van der Waals surface area contributed by atoms with Crippen LogP contribution in [0.4, 0.5) is 10.6 Å². The summed E-state index contributed by atoms with van der Waals surface area (Å²) in [7, 11) is 0. The van der Waals surface area contributed by atoms with Crippen molar-refractivity contribution in [2.24, 2.45) is 15.7 Å². The Morgan fingerprint density at radius 3 is 2.84 bits per heavy atom. The van der Waals surface area contributed by atoms with Crippen LogP contribution >= 0.6 is 0 Å². The number of aromatic nitrogens is 4. The number of nitrogens with two attached hydrogens (primary N) is 1. The van der Waals surface area contributed by atoms with Crippen molar-refractivity contribution in [1.29, 1.82) is 0 Å². The van der Waals surface area contributed by atoms with Crippen LogP contribution < -0.4 is 16.4 Å². The first kappa shape index (κ1) is 29.1. The van der Waals surface area contributed by atoms with Gasteiger partial charge >= 0.3 is 12.1 Å². The molecule has 1 atom stereocenters. The van der Waals surface area contributed by atoms with Gasteiger partial charge in [-0.25, -0.2) is 24.7 Å². The molecule has 1 unspecified atom stereocenters. The van der Waals surface area contributed by atoms with Crippen LogP contribution in [0.25, 0.3) is 11.2 Å². The van der Waals surface area contributed by atoms with E-state index >= 15 is 0 Å². The number of aliphatic hydroxyl groups excluding tert-OH is 1. The number of unbranched alkanes of at least 4 members (excludes halogenated alkanes) is 1. The number of carbonyl (C=O) groups excluding carboxylic acids is 2. The van der Waals surface area contributed by atoms with Gasteiger partial charge in [0.1, 0.15) is 18.5 Å². The lowest BCUT2D eigenvalue weighted by atomic mass is 10.1. The van der Waals surface area contributed by atoms with Crippen molar-refractivity contribution < 1.29 is 29.3 Å². The van der Waals surface area contributed by atoms with Gasteiger partial charge in [-0.3, -0.25) is 9.79 Å². The summed E-state index contributed by atoms with van der Waals surface area (Å²) in [5.74, 6) is 0.243. The normalized spacial score (nSPS) is 12.6. The molecule has 0 bridgehead atoms. The fourth-order valence-corrected chi connectivity index (χ4v) is 3.13. The Kier molecular flexibility index (Phi) is 12.4. The van der Waals surface area contributed by atoms with Gasteiger partial charge in [0.05, 0.1) is 25.2 Å². The molecule has 2 aromatic rings. The second-order valence-corrected chi connectivity index (χ2v) is 7.72. The molecule has 0 radical (unpaired) electrons. The average Bonchev–Trinajstić information content (AvgIpc) is 3.29. The predicted molar refractivity (Wildman–Crippen MR) is 136 cm³/mol. The number of nitrogens with zero attached hydrogens (tertiary/aromatic N) is 6. The van der Waals surface area contributed by atoms with E-state index in [1.807, 2.05) is 4.57 Å². The van der Waals surface area contributed by atoms with Gasteiger partial charge in [0.2, 0.25) is 5.96 Å². The molecular weight excluding hydrogens is 486 g/mol. The number of carbonyl (C=O) groups is 2. The van der Waals surface area contributed by atoms with E-state index in [0.29, 0.717) is 55.9 Å². The predicted octanol–water partition coefficient (Wildman–Crippen LogP) is 0.296. The Balaban J connectivity index is 1.73. The molecule has 0 aromatic carbocycles. The number of nitrogens with one attached hydrogen (secondary N) is 2. The van der Waals surface area contributed by atoms with Crippen molar-refractivity contribution in [3.05, 3.63) is 25.0 Å². The number of guanidine groups is 1. The van der Waals surface area contributed by atoms with Crippen molar-refractivity contribution in [3.63, 3.8) is 0 Å². The molecule has 0 aliphatic rings. The summed E-state index contributed by atoms with van der Waals surface area (Å²) in [6.45, 7) is 6.12. The highest BCUT2D eigenvalue weighted by Crippen LogP contribution is 2.17. The van der Waals surface area contributed by atoms with Crippen molar-refractivity contribution in [3.8, 4) is 0 Å². The van der Waals surface area contributed by atoms with Crippen LogP contribution in [0.1, 0.15) is 32.6 Å². The molecule has 1 amide bonds. The molecule has 0 spiro atoms. The van der Waals surface area contributed by atoms with Crippen LogP contribution in [0.5, 0.6) is 0 Å². The number of anilines is 1. The molecule has 202 valence electrons. The molecule has 2 heterocycles. The zero-order valence-corrected chi connectivity index (χ0v) is 20.6. The number of ether oxygens (including phenoxy) is 2. The quantitative estimate of drug-likeness (QED) is 0.0539. The highest BCUT2D eigenvalue weighted by atomic mass is 16.5. The molecule has 0 saturated carbocycles. The summed E-state index contributed by atoms with van der Waals surface area (Å²) in [4.78, 5) is 43.0. The lowest BCUT2D eigenvalue weighted by Crippen LogP contribution is -2.43. The molecule has 37 heavy (non-hydrogen) atoms. The molecule has 0 saturated heterocycles. The number of alkyl carbamates (subject to hydrolysis) is 1. The number of hydrogen-bond donors (Lipinski definition) is 5. The number of fused-ring (bicyclic) bond motifs is 1. The fourth-order valence-electron chi connectivity index (χ4n) is 3.13. The van der Waals surface area contributed by atoms with E-state index in [2.05, 4.69) is 42.3 Å². The van der Waals surface area contributed by atoms with Crippen LogP contribution in [0.2, 0.25) is 0 Å². The van der Waals surface area contributed by atoms with Crippen LogP contribution in [0.3, 0.4) is 0 Å². The third kappa shape index (κ3) is 10.6. The lowest BCUT2D eigenvalue weighted by molar-refractivity contribution is -0.140. The van der Waals surface area contributed by atoms with Crippen LogP contribution in [0, 0.1) is 0 Å². The van der Waals surface area contributed by atoms with Crippen molar-refractivity contribution in [1.82, 2.24) is 24.8 Å². The average molecular weight is 520 g/mol. The summed E-state index contributed by atoms with van der Waals surface area (Å²) in [5.41, 5.74) is 6.67. The van der Waals surface area contributed by atoms with Gasteiger partial charge in [0, 0.05) is 20.0 Å². The second-order valence-electron chi connectivity index (χ2n) is 7.72. The highest BCUT2D eigenvalue weighted by molar-refractivity contribution is 5.83. The summed E-state index contributed by atoms with van der Waals surface area (Å²) in [6.07, 6.45) is 5.46. The second kappa shape index (κ2) is 15.8. The molecule has 0 aliphatic carbocycles. The Morgan fingerprint density at radius 2 is 2.11 bits per heavy atom. The van der Waals surface area contributed by atoms with Crippen molar-refractivity contribution in [2.75, 3.05) is 25.0 Å². The molecule has 0 aliphatic heterocycles. The number of rotatable bonds is 15. The van der Waals surface area contributed by atoms with Crippen molar-refractivity contribution in [2.45, 2.75) is 51.5 Å². The van der Waals surface area contributed by atoms with Crippen LogP contribution in [0.15, 0.2) is 35.0 Å². The third-order valence-corrected chi connectivity index (χ3v) is 4.91. The first-order valence-corrected chi connectivity index (χ1v) is 11.6. The van der Waals surface area contributed by atoms with Gasteiger partial charge in [-0.1, -0.05) is 0 Å². The zero-order valence-electron chi connectivity index (χ0n) is 20.6. The van der Waals surface area contributed by atoms with Crippen LogP contribution in [-0.4, -0.2) is 86.5 Å². The van der Waals surface area contributed by atoms with Gasteiger partial charge in [0.15, 0.2) is 17.8 Å². The summed E-state index contributed by atoms with van der Waals surface area (Å²) in [5, 5.41) is 24.4. The standard InChI is InChI=1S/C22H33N9O6/c1-15(32)36-12-9-25-18-17-19(28-13-27-18)31(14-29-17)10-4-3-5-11-37-22(35)30-16(20(33)34)7-6-8-26-21(23)24-2/h5,11,13-14,16,20,33-34H,2-4,6-10,12H2,1H3,(H2,23,26)(H,30,35)(H,25,27,28)/b11-5+. The summed E-state index contributed by atoms with van der Waals surface area (Å²) >= 11 is 0. The molecule has 2 aromatic heterocycles. The number of aryl methyl sites for hydroxylation is 1. The van der Waals surface area contributed by atoms with E-state index in [0.717, 1.165) is 0 Å². The maximum Gasteiger partial charge on any atom is 0.412 e. The van der Waals surface area contributed by atoms with Gasteiger partial charge < -0.3 is 40.6 Å². The molecule has 2 rings (SSSR count). The Labute approximate surface area is 213 Å². The van der Waals surface area contributed by atoms with E-state index in [1.165, 1.54) is 19.5 Å². The molecule has 15 nitrogen and oxygen atoms in total. The Hall–Kier alpha value is -4.11. The number of esters is 1. The van der Waals surface area contributed by atoms with Gasteiger partial charge in [-0.15, -0.1) is 0 Å². The minimum Gasteiger partial charge on any atom is -0.464 e. The monoisotopic (exact) mass is 519 g/mol. The summed E-state index contributed by atoms with van der Waals surface area (Å²) in [6, 6.07) is -0.924. The lowest BCUT2D eigenvalue weighted by Gasteiger charge is -2.19. The Bertz CT molecular complexity index is 1090. The zero-order chi connectivity index (χ0) is 27.0. The molecule has 6 N–H and O–H groups in total. The number of aliphatic imine (C=N–C) groups is 2. The number of aliphatic hydroxyl groups is 2. The minimum absolute atomic E-state index is 0.0443. The molecule has 0 fully saturated rings. The highest BCUT2D eigenvalue weighted by Gasteiger charge is 2.19. The van der Waals surface area contributed by atoms with Crippen molar-refractivity contribution >= 4 is 41.7 Å². The molecule has 15 heteroatoms. The van der Waals surface area contributed by atoms with Gasteiger partial charge in [-0.2, -0.15) is 0 Å². The maximum atomic E-state index is 11.9. The number of allylic oxidation sites excluding steroid dienone is 1. The largest absolute Gasteiger partial charge is 0.464 e. The summed E-state index contributed by atoms with van der Waals surface area (Å²) < 4.78 is 11.7. The van der Waals surface area contributed by atoms with E-state index in [-0.39, 0.29) is 25.0 Å². The first-order chi connectivity index (χ1) is 17.8. The first-order valence-electron chi connectivity index (χ1n) is 11.6. The SMILES string of the molecule is C=NC(N)=NCCCC(NC(=O)O/C=C/CCCn1cnc2c(NCCOC(C)=O)ncnc21)C(O)O. The Morgan fingerprint density at radius 1 is 1.30 bits per heavy atom. The third-order valence-electron chi connectivity index (χ3n) is 4.91. The van der Waals surface area contributed by atoms with Gasteiger partial charge in [0.25, 0.3) is 0 Å². The van der Waals surface area contributed by atoms with E-state index in [4.69, 9.17) is 15.2 Å². The van der Waals surface area contributed by atoms with E-state index < -0.39 is 18.4 Å².